The summed E-state index contributed by atoms with van der Waals surface area (Å²) in [6, 6.07) is 33.6. The van der Waals surface area contributed by atoms with Gasteiger partial charge < -0.3 is 9.67 Å². The summed E-state index contributed by atoms with van der Waals surface area (Å²) in [7, 11) is 2.13. The quantitative estimate of drug-likeness (QED) is 0.115. The van der Waals surface area contributed by atoms with Gasteiger partial charge in [-0.3, -0.25) is 9.78 Å². The fourth-order valence-corrected chi connectivity index (χ4v) is 5.46. The van der Waals surface area contributed by atoms with E-state index in [1.54, 1.807) is 0 Å². The zero-order valence-electron chi connectivity index (χ0n) is 21.2. The van der Waals surface area contributed by atoms with Crippen LogP contribution in [0.25, 0.3) is 66.2 Å². The minimum atomic E-state index is -0.125. The molecular formula is C33H25IrN2O2-. The monoisotopic (exact) mass is 674 g/mol. The average Bonchev–Trinajstić information content (AvgIpc) is 3.38. The maximum atomic E-state index is 10.0. The van der Waals surface area contributed by atoms with Gasteiger partial charge in [-0.2, -0.15) is 0 Å². The molecule has 1 radical (unpaired) electrons. The molecule has 2 aromatic heterocycles. The number of carbonyl (C=O) groups excluding carboxylic acids is 1. The van der Waals surface area contributed by atoms with Gasteiger partial charge >= 0.3 is 0 Å². The van der Waals surface area contributed by atoms with Crippen molar-refractivity contribution in [2.75, 3.05) is 0 Å². The van der Waals surface area contributed by atoms with Crippen LogP contribution in [-0.4, -0.2) is 20.4 Å². The zero-order valence-corrected chi connectivity index (χ0v) is 23.6. The molecule has 4 aromatic carbocycles. The number of aliphatic hydroxyl groups is 1. The normalized spacial score (nSPS) is 11.7. The molecule has 0 aliphatic heterocycles. The Bertz CT molecular complexity index is 1900. The van der Waals surface area contributed by atoms with Gasteiger partial charge in [0.1, 0.15) is 0 Å². The van der Waals surface area contributed by atoms with Gasteiger partial charge in [-0.25, -0.2) is 0 Å². The minimum Gasteiger partial charge on any atom is -0.512 e. The van der Waals surface area contributed by atoms with E-state index in [1.165, 1.54) is 69.4 Å². The van der Waals surface area contributed by atoms with E-state index in [4.69, 9.17) is 10.1 Å². The molecule has 1 aliphatic carbocycles. The number of aromatic nitrogens is 2. The number of hydrogen-bond donors (Lipinski definition) is 1. The molecule has 0 amide bonds. The van der Waals surface area contributed by atoms with Crippen molar-refractivity contribution in [3.63, 3.8) is 0 Å². The first-order valence-electron chi connectivity index (χ1n) is 12.2. The molecule has 0 saturated carbocycles. The van der Waals surface area contributed by atoms with Crippen LogP contribution in [0, 0.1) is 6.07 Å². The van der Waals surface area contributed by atoms with Crippen molar-refractivity contribution in [3.8, 4) is 33.5 Å². The molecule has 0 saturated heterocycles. The van der Waals surface area contributed by atoms with Crippen LogP contribution in [0.1, 0.15) is 13.8 Å². The zero-order chi connectivity index (χ0) is 25.7. The molecule has 1 N–H and O–H groups in total. The molecule has 5 heteroatoms. The topological polar surface area (TPSA) is 55.1 Å². The second-order valence-electron chi connectivity index (χ2n) is 9.39. The standard InChI is InChI=1S/C28H17N2.C5H8O2.Ir/c1-30-26-15-5-4-10-19(26)21-12-6-13-22(28(21)30)25-16-23-18-9-3-2-8-17(18)20-11-7-14-24(29-25)27(20)23;1-4(6)3-5(2)7;/h2-12,14-16H,1H3;3,6H,1-2H3;/q-1;;/b;4-3-;. The number of para-hydroxylation sites is 1. The Balaban J connectivity index is 0.000000329. The molecule has 1 aliphatic rings. The fraction of sp³-hybridized carbons (Fsp3) is 0.0909. The summed E-state index contributed by atoms with van der Waals surface area (Å²) in [5.74, 6) is -0.0625. The second-order valence-corrected chi connectivity index (χ2v) is 9.39. The van der Waals surface area contributed by atoms with E-state index < -0.39 is 0 Å². The molecule has 2 heterocycles. The van der Waals surface area contributed by atoms with Gasteiger partial charge in [0.05, 0.1) is 11.3 Å². The Kier molecular flexibility index (Phi) is 6.75. The third kappa shape index (κ3) is 4.14. The summed E-state index contributed by atoms with van der Waals surface area (Å²) in [5.41, 5.74) is 10.6. The van der Waals surface area contributed by atoms with Crippen LogP contribution in [0.2, 0.25) is 0 Å². The number of allylic oxidation sites excluding steroid dienone is 2. The number of benzene rings is 4. The van der Waals surface area contributed by atoms with Crippen LogP contribution in [-0.2, 0) is 31.9 Å². The number of fused-ring (bicyclic) bond motifs is 6. The van der Waals surface area contributed by atoms with E-state index in [1.807, 2.05) is 6.07 Å². The Morgan fingerprint density at radius 2 is 1.55 bits per heavy atom. The first-order chi connectivity index (χ1) is 17.9. The van der Waals surface area contributed by atoms with E-state index in [0.717, 1.165) is 16.8 Å². The molecule has 189 valence electrons. The van der Waals surface area contributed by atoms with Crippen molar-refractivity contribution >= 4 is 38.5 Å². The summed E-state index contributed by atoms with van der Waals surface area (Å²) in [6.07, 6.45) is 1.17. The number of nitrogens with zero attached hydrogens (tertiary/aromatic N) is 2. The number of hydrogen-bond acceptors (Lipinski definition) is 3. The first kappa shape index (κ1) is 25.6. The van der Waals surface area contributed by atoms with Gasteiger partial charge in [0, 0.05) is 44.1 Å². The number of rotatable bonds is 2. The number of ketones is 1. The minimum absolute atomic E-state index is 0. The van der Waals surface area contributed by atoms with Crippen LogP contribution in [0.15, 0.2) is 96.8 Å². The molecule has 0 unspecified atom stereocenters. The average molecular weight is 674 g/mol. The van der Waals surface area contributed by atoms with Crippen molar-refractivity contribution in [1.29, 1.82) is 0 Å². The summed E-state index contributed by atoms with van der Waals surface area (Å²) >= 11 is 0. The number of carbonyl (C=O) groups is 1. The third-order valence-corrected chi connectivity index (χ3v) is 6.87. The predicted molar refractivity (Wildman–Crippen MR) is 151 cm³/mol. The maximum absolute atomic E-state index is 10.0. The van der Waals surface area contributed by atoms with Crippen molar-refractivity contribution in [3.05, 3.63) is 103 Å². The van der Waals surface area contributed by atoms with E-state index in [9.17, 15) is 4.79 Å². The van der Waals surface area contributed by atoms with Gasteiger partial charge in [-0.15, -0.1) is 23.8 Å². The Labute approximate surface area is 234 Å². The molecule has 6 aromatic rings. The van der Waals surface area contributed by atoms with E-state index in [0.29, 0.717) is 0 Å². The van der Waals surface area contributed by atoms with Crippen molar-refractivity contribution < 1.29 is 30.0 Å². The smallest absolute Gasteiger partial charge is 0.155 e. The summed E-state index contributed by atoms with van der Waals surface area (Å²) in [5, 5.41) is 12.1. The molecule has 7 rings (SSSR count). The van der Waals surface area contributed by atoms with Crippen LogP contribution in [0.4, 0.5) is 0 Å². The third-order valence-electron chi connectivity index (χ3n) is 6.87. The molecular weight excluding hydrogens is 649 g/mol. The van der Waals surface area contributed by atoms with Crippen molar-refractivity contribution in [2.24, 2.45) is 7.05 Å². The van der Waals surface area contributed by atoms with Gasteiger partial charge in [-0.1, -0.05) is 66.0 Å². The molecule has 4 nitrogen and oxygen atoms in total. The largest absolute Gasteiger partial charge is 0.512 e. The van der Waals surface area contributed by atoms with Gasteiger partial charge in [0.25, 0.3) is 0 Å². The molecule has 0 bridgehead atoms. The van der Waals surface area contributed by atoms with E-state index in [-0.39, 0.29) is 31.6 Å². The van der Waals surface area contributed by atoms with E-state index in [2.05, 4.69) is 96.5 Å². The predicted octanol–water partition coefficient (Wildman–Crippen LogP) is 8.03. The van der Waals surface area contributed by atoms with Crippen molar-refractivity contribution in [2.45, 2.75) is 13.8 Å². The summed E-state index contributed by atoms with van der Waals surface area (Å²) in [6.45, 7) is 2.85. The van der Waals surface area contributed by atoms with Crippen LogP contribution in [0.3, 0.4) is 0 Å². The first-order valence-corrected chi connectivity index (χ1v) is 12.2. The Hall–Kier alpha value is -4.05. The van der Waals surface area contributed by atoms with Crippen LogP contribution in [0.5, 0.6) is 0 Å². The van der Waals surface area contributed by atoms with Gasteiger partial charge in [-0.05, 0) is 64.8 Å². The molecule has 38 heavy (non-hydrogen) atoms. The Morgan fingerprint density at radius 3 is 2.26 bits per heavy atom. The fourth-order valence-electron chi connectivity index (χ4n) is 5.46. The number of aliphatic hydroxyl groups excluding tert-OH is 1. The number of aryl methyl sites for hydroxylation is 1. The Morgan fingerprint density at radius 1 is 0.868 bits per heavy atom. The number of pyridine rings is 1. The second kappa shape index (κ2) is 10.0. The molecule has 0 atom stereocenters. The molecule has 0 spiro atoms. The van der Waals surface area contributed by atoms with Crippen LogP contribution < -0.4 is 0 Å². The van der Waals surface area contributed by atoms with Gasteiger partial charge in [0.15, 0.2) is 5.78 Å². The van der Waals surface area contributed by atoms with Crippen LogP contribution >= 0.6 is 0 Å². The SMILES string of the molecule is CC(=O)/C=C(/C)O.Cn1c2ccccc2c2cc[c-]c(-c3cc4c5c(cccc5n3)-c3ccccc3-4)c21.[Ir]. The summed E-state index contributed by atoms with van der Waals surface area (Å²) in [4.78, 5) is 15.1. The molecule has 0 fully saturated rings. The van der Waals surface area contributed by atoms with Crippen molar-refractivity contribution in [1.82, 2.24) is 9.55 Å². The van der Waals surface area contributed by atoms with E-state index >= 15 is 0 Å². The maximum Gasteiger partial charge on any atom is 0.155 e. The van der Waals surface area contributed by atoms with Gasteiger partial charge in [0.2, 0.25) is 0 Å². The summed E-state index contributed by atoms with van der Waals surface area (Å²) < 4.78 is 2.27.